The number of anilines is 1. The van der Waals surface area contributed by atoms with E-state index in [4.69, 9.17) is 9.47 Å². The first-order valence-corrected chi connectivity index (χ1v) is 6.79. The lowest BCUT2D eigenvalue weighted by molar-refractivity contribution is -0.0282. The fraction of sp³-hybridized carbons (Fsp3) is 0.538. The summed E-state index contributed by atoms with van der Waals surface area (Å²) in [5.74, 6) is -0.357. The Bertz CT molecular complexity index is 392. The van der Waals surface area contributed by atoms with E-state index in [1.54, 1.807) is 19.2 Å². The molecular weight excluding hydrogens is 317 g/mol. The second kappa shape index (κ2) is 8.47. The molecule has 1 aromatic carbocycles. The van der Waals surface area contributed by atoms with Crippen LogP contribution in [0.3, 0.4) is 0 Å². The van der Waals surface area contributed by atoms with Crippen LogP contribution in [0.2, 0.25) is 0 Å². The lowest BCUT2D eigenvalue weighted by atomic mass is 10.3. The van der Waals surface area contributed by atoms with Crippen molar-refractivity contribution in [3.8, 4) is 0 Å². The van der Waals surface area contributed by atoms with Crippen LogP contribution in [0.5, 0.6) is 0 Å². The summed E-state index contributed by atoms with van der Waals surface area (Å²) in [6.07, 6.45) is -0.792. The lowest BCUT2D eigenvalue weighted by Crippen LogP contribution is -2.28. The number of hydrogen-bond acceptors (Lipinski definition) is 4. The van der Waals surface area contributed by atoms with Gasteiger partial charge in [0.2, 0.25) is 0 Å². The van der Waals surface area contributed by atoms with Crippen LogP contribution in [0.25, 0.3) is 0 Å². The minimum atomic E-state index is -0.710. The minimum absolute atomic E-state index is 0.0812. The van der Waals surface area contributed by atoms with Gasteiger partial charge in [0.15, 0.2) is 0 Å². The number of halogens is 2. The molecule has 0 fully saturated rings. The highest BCUT2D eigenvalue weighted by Crippen LogP contribution is 2.19. The maximum Gasteiger partial charge on any atom is 0.146 e. The Morgan fingerprint density at radius 3 is 2.84 bits per heavy atom. The van der Waals surface area contributed by atoms with Crippen LogP contribution in [0.1, 0.15) is 6.92 Å². The van der Waals surface area contributed by atoms with E-state index in [2.05, 4.69) is 21.2 Å². The Labute approximate surface area is 121 Å². The summed E-state index contributed by atoms with van der Waals surface area (Å²) in [6.45, 7) is 2.72. The van der Waals surface area contributed by atoms with E-state index >= 15 is 0 Å². The van der Waals surface area contributed by atoms with Gasteiger partial charge in [-0.05, 0) is 25.1 Å². The number of nitrogens with one attached hydrogen (secondary N) is 1. The first kappa shape index (κ1) is 16.4. The molecule has 2 atom stereocenters. The molecule has 0 amide bonds. The molecule has 2 unspecified atom stereocenters. The standard InChI is InChI=1S/C13H19BrFNO3/c1-9(7-18-2)19-8-11(17)6-16-13-5-10(14)3-4-12(13)15/h3-5,9,11,16-17H,6-8H2,1-2H3. The predicted molar refractivity (Wildman–Crippen MR) is 75.9 cm³/mol. The topological polar surface area (TPSA) is 50.7 Å². The van der Waals surface area contributed by atoms with E-state index in [0.29, 0.717) is 12.3 Å². The van der Waals surface area contributed by atoms with Crippen molar-refractivity contribution in [1.29, 1.82) is 0 Å². The van der Waals surface area contributed by atoms with Crippen LogP contribution in [-0.2, 0) is 9.47 Å². The highest BCUT2D eigenvalue weighted by Gasteiger charge is 2.09. The summed E-state index contributed by atoms with van der Waals surface area (Å²) in [6, 6.07) is 4.60. The highest BCUT2D eigenvalue weighted by molar-refractivity contribution is 9.10. The van der Waals surface area contributed by atoms with E-state index in [1.807, 2.05) is 6.92 Å². The van der Waals surface area contributed by atoms with Crippen LogP contribution in [-0.4, -0.2) is 44.2 Å². The quantitative estimate of drug-likeness (QED) is 0.766. The molecule has 2 N–H and O–H groups in total. The highest BCUT2D eigenvalue weighted by atomic mass is 79.9. The Hall–Kier alpha value is -0.690. The zero-order valence-electron chi connectivity index (χ0n) is 11.0. The van der Waals surface area contributed by atoms with Crippen LogP contribution < -0.4 is 5.32 Å². The molecule has 0 aliphatic carbocycles. The third kappa shape index (κ3) is 6.33. The van der Waals surface area contributed by atoms with E-state index in [-0.39, 0.29) is 25.1 Å². The van der Waals surface area contributed by atoms with Gasteiger partial charge in [0, 0.05) is 18.1 Å². The zero-order valence-corrected chi connectivity index (χ0v) is 12.6. The molecule has 0 heterocycles. The van der Waals surface area contributed by atoms with Crippen molar-refractivity contribution in [3.05, 3.63) is 28.5 Å². The second-order valence-corrected chi connectivity index (χ2v) is 5.17. The molecule has 19 heavy (non-hydrogen) atoms. The molecule has 0 aliphatic rings. The van der Waals surface area contributed by atoms with Gasteiger partial charge in [-0.25, -0.2) is 4.39 Å². The number of rotatable bonds is 8. The largest absolute Gasteiger partial charge is 0.389 e. The summed E-state index contributed by atoms with van der Waals surface area (Å²) in [7, 11) is 1.59. The molecule has 0 aliphatic heterocycles. The molecule has 0 bridgehead atoms. The van der Waals surface area contributed by atoms with E-state index in [1.165, 1.54) is 6.07 Å². The number of benzene rings is 1. The molecule has 1 aromatic rings. The van der Waals surface area contributed by atoms with Gasteiger partial charge in [0.05, 0.1) is 31.1 Å². The summed E-state index contributed by atoms with van der Waals surface area (Å²) in [4.78, 5) is 0. The zero-order chi connectivity index (χ0) is 14.3. The molecule has 0 aromatic heterocycles. The Morgan fingerprint density at radius 2 is 2.16 bits per heavy atom. The van der Waals surface area contributed by atoms with Crippen molar-refractivity contribution in [1.82, 2.24) is 0 Å². The maximum atomic E-state index is 13.4. The van der Waals surface area contributed by atoms with Crippen LogP contribution in [0, 0.1) is 5.82 Å². The summed E-state index contributed by atoms with van der Waals surface area (Å²) in [5.41, 5.74) is 0.346. The second-order valence-electron chi connectivity index (χ2n) is 4.26. The van der Waals surface area contributed by atoms with Gasteiger partial charge in [0.25, 0.3) is 0 Å². The van der Waals surface area contributed by atoms with E-state index in [9.17, 15) is 9.50 Å². The Balaban J connectivity index is 2.33. The molecule has 0 saturated carbocycles. The van der Waals surface area contributed by atoms with Crippen molar-refractivity contribution < 1.29 is 19.0 Å². The predicted octanol–water partition coefficient (Wildman–Crippen LogP) is 2.41. The average molecular weight is 336 g/mol. The Kier molecular flexibility index (Phi) is 7.30. The average Bonchev–Trinajstić information content (AvgIpc) is 2.38. The van der Waals surface area contributed by atoms with Gasteiger partial charge in [0.1, 0.15) is 5.82 Å². The lowest BCUT2D eigenvalue weighted by Gasteiger charge is -2.17. The Morgan fingerprint density at radius 1 is 1.42 bits per heavy atom. The third-order valence-corrected chi connectivity index (χ3v) is 2.92. The number of aliphatic hydroxyl groups is 1. The molecule has 0 radical (unpaired) electrons. The first-order valence-electron chi connectivity index (χ1n) is 6.00. The van der Waals surface area contributed by atoms with Crippen LogP contribution in [0.15, 0.2) is 22.7 Å². The summed E-state index contributed by atoms with van der Waals surface area (Å²) in [5, 5.41) is 12.6. The van der Waals surface area contributed by atoms with Gasteiger partial charge in [-0.15, -0.1) is 0 Å². The smallest absolute Gasteiger partial charge is 0.146 e. The molecule has 4 nitrogen and oxygen atoms in total. The van der Waals surface area contributed by atoms with Gasteiger partial charge >= 0.3 is 0 Å². The van der Waals surface area contributed by atoms with Crippen molar-refractivity contribution >= 4 is 21.6 Å². The van der Waals surface area contributed by atoms with Crippen molar-refractivity contribution in [2.45, 2.75) is 19.1 Å². The fourth-order valence-corrected chi connectivity index (χ4v) is 1.84. The SMILES string of the molecule is COCC(C)OCC(O)CNc1cc(Br)ccc1F. The number of hydrogen-bond donors (Lipinski definition) is 2. The third-order valence-electron chi connectivity index (χ3n) is 2.43. The normalized spacial score (nSPS) is 14.2. The first-order chi connectivity index (χ1) is 9.02. The van der Waals surface area contributed by atoms with Gasteiger partial charge in [-0.2, -0.15) is 0 Å². The number of methoxy groups -OCH3 is 1. The summed E-state index contributed by atoms with van der Waals surface area (Å²) < 4.78 is 24.5. The summed E-state index contributed by atoms with van der Waals surface area (Å²) >= 11 is 3.26. The van der Waals surface area contributed by atoms with Gasteiger partial charge in [-0.1, -0.05) is 15.9 Å². The molecular formula is C13H19BrFNO3. The van der Waals surface area contributed by atoms with Crippen molar-refractivity contribution in [3.63, 3.8) is 0 Å². The maximum absolute atomic E-state index is 13.4. The fourth-order valence-electron chi connectivity index (χ4n) is 1.48. The monoisotopic (exact) mass is 335 g/mol. The van der Waals surface area contributed by atoms with E-state index < -0.39 is 6.10 Å². The van der Waals surface area contributed by atoms with E-state index in [0.717, 1.165) is 4.47 Å². The molecule has 0 saturated heterocycles. The van der Waals surface area contributed by atoms with Crippen molar-refractivity contribution in [2.24, 2.45) is 0 Å². The minimum Gasteiger partial charge on any atom is -0.389 e. The van der Waals surface area contributed by atoms with Crippen LogP contribution in [0.4, 0.5) is 10.1 Å². The van der Waals surface area contributed by atoms with Crippen molar-refractivity contribution in [2.75, 3.05) is 32.2 Å². The molecule has 6 heteroatoms. The molecule has 0 spiro atoms. The van der Waals surface area contributed by atoms with Gasteiger partial charge in [-0.3, -0.25) is 0 Å². The molecule has 1 rings (SSSR count). The van der Waals surface area contributed by atoms with Gasteiger partial charge < -0.3 is 19.9 Å². The van der Waals surface area contributed by atoms with Crippen LogP contribution >= 0.6 is 15.9 Å². The number of aliphatic hydroxyl groups excluding tert-OH is 1. The molecule has 108 valence electrons. The number of ether oxygens (including phenoxy) is 2.